The van der Waals surface area contributed by atoms with Gasteiger partial charge in [-0.1, -0.05) is 55.9 Å². The first-order chi connectivity index (χ1) is 19.6. The average Bonchev–Trinajstić information content (AvgIpc) is 2.96. The van der Waals surface area contributed by atoms with E-state index in [0.29, 0.717) is 22.7 Å². The number of hydrogen-bond donors (Lipinski definition) is 3. The molecule has 206 valence electrons. The third-order valence-electron chi connectivity index (χ3n) is 5.97. The molecule has 4 aromatic rings. The van der Waals surface area contributed by atoms with Crippen LogP contribution in [0.1, 0.15) is 36.5 Å². The van der Waals surface area contributed by atoms with Crippen LogP contribution in [0, 0.1) is 22.7 Å². The highest BCUT2D eigenvalue weighted by atomic mass is 32.2. The number of nitrogens with one attached hydrogen (secondary N) is 2. The number of thioether (sulfide) groups is 1. The van der Waals surface area contributed by atoms with Crippen molar-refractivity contribution in [3.8, 4) is 23.3 Å². The first-order valence-corrected chi connectivity index (χ1v) is 14.8. The van der Waals surface area contributed by atoms with Gasteiger partial charge in [0.15, 0.2) is 0 Å². The highest BCUT2D eigenvalue weighted by molar-refractivity contribution is 8.00. The van der Waals surface area contributed by atoms with Crippen molar-refractivity contribution in [2.45, 2.75) is 29.7 Å². The minimum Gasteiger partial charge on any atom is -0.383 e. The van der Waals surface area contributed by atoms with Gasteiger partial charge < -0.3 is 11.1 Å². The molecule has 4 N–H and O–H groups in total. The number of benzene rings is 2. The summed E-state index contributed by atoms with van der Waals surface area (Å²) < 4.78 is 27.6. The topological polar surface area (TPSA) is 175 Å². The van der Waals surface area contributed by atoms with Gasteiger partial charge in [0, 0.05) is 17.4 Å². The molecule has 2 aromatic carbocycles. The van der Waals surface area contributed by atoms with Crippen molar-refractivity contribution in [3.63, 3.8) is 0 Å². The number of anilines is 3. The van der Waals surface area contributed by atoms with E-state index in [1.165, 1.54) is 36.5 Å². The predicted molar refractivity (Wildman–Crippen MR) is 158 cm³/mol. The van der Waals surface area contributed by atoms with E-state index in [9.17, 15) is 23.7 Å². The van der Waals surface area contributed by atoms with Crippen molar-refractivity contribution in [1.29, 1.82) is 10.5 Å². The summed E-state index contributed by atoms with van der Waals surface area (Å²) in [7, 11) is -3.86. The summed E-state index contributed by atoms with van der Waals surface area (Å²) in [6.45, 7) is 4.13. The Morgan fingerprint density at radius 3 is 2.27 bits per heavy atom. The van der Waals surface area contributed by atoms with E-state index in [2.05, 4.69) is 39.9 Å². The molecule has 0 aliphatic rings. The van der Waals surface area contributed by atoms with Crippen LogP contribution in [0.15, 0.2) is 82.8 Å². The van der Waals surface area contributed by atoms with Crippen LogP contribution in [-0.2, 0) is 14.8 Å². The maximum atomic E-state index is 12.7. The van der Waals surface area contributed by atoms with Crippen molar-refractivity contribution in [1.82, 2.24) is 9.97 Å². The number of nitrogens with two attached hydrogens (primary N) is 1. The van der Waals surface area contributed by atoms with Gasteiger partial charge in [-0.25, -0.2) is 18.4 Å². The Balaban J connectivity index is 1.49. The lowest BCUT2D eigenvalue weighted by Crippen LogP contribution is -2.16. The second kappa shape index (κ2) is 12.5. The monoisotopic (exact) mass is 583 g/mol. The van der Waals surface area contributed by atoms with Crippen LogP contribution < -0.4 is 15.8 Å². The van der Waals surface area contributed by atoms with Crippen molar-refractivity contribution in [2.24, 2.45) is 0 Å². The number of nitriles is 2. The van der Waals surface area contributed by atoms with Crippen LogP contribution in [0.4, 0.5) is 17.3 Å². The van der Waals surface area contributed by atoms with Crippen LogP contribution in [0.3, 0.4) is 0 Å². The zero-order valence-corrected chi connectivity index (χ0v) is 23.8. The van der Waals surface area contributed by atoms with Gasteiger partial charge >= 0.3 is 0 Å². The summed E-state index contributed by atoms with van der Waals surface area (Å²) in [4.78, 5) is 20.9. The first-order valence-electron chi connectivity index (χ1n) is 12.3. The van der Waals surface area contributed by atoms with E-state index in [0.717, 1.165) is 17.3 Å². The molecule has 0 saturated heterocycles. The number of carbonyl (C=O) groups is 1. The number of aromatic nitrogens is 2. The van der Waals surface area contributed by atoms with Gasteiger partial charge in [0.2, 0.25) is 5.91 Å². The summed E-state index contributed by atoms with van der Waals surface area (Å²) >= 11 is 1.01. The zero-order chi connectivity index (χ0) is 29.6. The fourth-order valence-electron chi connectivity index (χ4n) is 3.89. The molecule has 10 nitrogen and oxygen atoms in total. The van der Waals surface area contributed by atoms with Crippen LogP contribution in [0.2, 0.25) is 0 Å². The molecule has 4 rings (SSSR count). The maximum absolute atomic E-state index is 12.7. The SMILES string of the molecule is CC(C)c1ccc(-c2c(C#N)c(N)nc(SCC(=O)Nc3ccc(S(=O)(=O)Nc4ccccn4)cc3)c2C#N)cc1. The van der Waals surface area contributed by atoms with Gasteiger partial charge in [0.05, 0.1) is 16.2 Å². The Bertz CT molecular complexity index is 1760. The predicted octanol–water partition coefficient (Wildman–Crippen LogP) is 5.12. The van der Waals surface area contributed by atoms with E-state index in [4.69, 9.17) is 5.73 Å². The molecular formula is C29H25N7O3S2. The Labute approximate surface area is 242 Å². The maximum Gasteiger partial charge on any atom is 0.263 e. The molecule has 1 amide bonds. The summed E-state index contributed by atoms with van der Waals surface area (Å²) in [5.41, 5.74) is 8.84. The van der Waals surface area contributed by atoms with Crippen molar-refractivity contribution in [3.05, 3.63) is 89.6 Å². The Hall–Kier alpha value is -4.91. The lowest BCUT2D eigenvalue weighted by atomic mass is 9.94. The van der Waals surface area contributed by atoms with Crippen LogP contribution >= 0.6 is 11.8 Å². The first kappa shape index (κ1) is 29.1. The van der Waals surface area contributed by atoms with Gasteiger partial charge in [-0.15, -0.1) is 0 Å². The van der Waals surface area contributed by atoms with E-state index in [1.54, 1.807) is 12.1 Å². The number of rotatable bonds is 9. The van der Waals surface area contributed by atoms with Gasteiger partial charge in [-0.05, 0) is 53.4 Å². The number of nitrogen functional groups attached to an aromatic ring is 1. The van der Waals surface area contributed by atoms with Gasteiger partial charge in [-0.3, -0.25) is 9.52 Å². The number of hydrogen-bond acceptors (Lipinski definition) is 9. The Kier molecular flexibility index (Phi) is 8.87. The lowest BCUT2D eigenvalue weighted by molar-refractivity contribution is -0.113. The highest BCUT2D eigenvalue weighted by Crippen LogP contribution is 2.36. The molecule has 0 spiro atoms. The zero-order valence-electron chi connectivity index (χ0n) is 22.1. The number of sulfonamides is 1. The summed E-state index contributed by atoms with van der Waals surface area (Å²) in [5, 5.41) is 22.7. The molecule has 0 unspecified atom stereocenters. The molecule has 12 heteroatoms. The third kappa shape index (κ3) is 6.81. The van der Waals surface area contributed by atoms with Crippen LogP contribution in [-0.4, -0.2) is 30.0 Å². The van der Waals surface area contributed by atoms with E-state index < -0.39 is 15.9 Å². The largest absolute Gasteiger partial charge is 0.383 e. The fourth-order valence-corrected chi connectivity index (χ4v) is 5.70. The third-order valence-corrected chi connectivity index (χ3v) is 8.32. The van der Waals surface area contributed by atoms with Crippen molar-refractivity contribution >= 4 is 45.0 Å². The molecule has 0 atom stereocenters. The number of nitrogens with zero attached hydrogens (tertiary/aromatic N) is 4. The molecule has 0 fully saturated rings. The molecule has 2 heterocycles. The molecule has 0 bridgehead atoms. The van der Waals surface area contributed by atoms with Crippen LogP contribution in [0.25, 0.3) is 11.1 Å². The normalized spacial score (nSPS) is 11.0. The second-order valence-corrected chi connectivity index (χ2v) is 11.8. The molecule has 41 heavy (non-hydrogen) atoms. The highest BCUT2D eigenvalue weighted by Gasteiger charge is 2.21. The number of amides is 1. The molecule has 2 aromatic heterocycles. The molecule has 0 saturated carbocycles. The molecule has 0 aliphatic carbocycles. The summed E-state index contributed by atoms with van der Waals surface area (Å²) in [6.07, 6.45) is 1.47. The van der Waals surface area contributed by atoms with Gasteiger partial charge in [0.25, 0.3) is 10.0 Å². The average molecular weight is 584 g/mol. The number of pyridine rings is 2. The quantitative estimate of drug-likeness (QED) is 0.226. The minimum atomic E-state index is -3.86. The second-order valence-electron chi connectivity index (χ2n) is 9.11. The van der Waals surface area contributed by atoms with Gasteiger partial charge in [0.1, 0.15) is 34.4 Å². The Morgan fingerprint density at radius 1 is 1.00 bits per heavy atom. The molecule has 0 radical (unpaired) electrons. The molecular weight excluding hydrogens is 558 g/mol. The van der Waals surface area contributed by atoms with E-state index in [-0.39, 0.29) is 38.4 Å². The summed E-state index contributed by atoms with van der Waals surface area (Å²) in [6, 6.07) is 22.2. The minimum absolute atomic E-state index is 0.000373. The number of carbonyl (C=O) groups excluding carboxylic acids is 1. The fraction of sp³-hybridized carbons (Fsp3) is 0.138. The van der Waals surface area contributed by atoms with Gasteiger partial charge in [-0.2, -0.15) is 10.5 Å². The van der Waals surface area contributed by atoms with Crippen molar-refractivity contribution < 1.29 is 13.2 Å². The standard InChI is InChI=1S/C29H25N7O3S2/c1-18(2)19-6-8-20(9-7-19)27-23(15-30)28(32)35-29(24(27)16-31)40-17-26(37)34-21-10-12-22(13-11-21)41(38,39)36-25-5-3-4-14-33-25/h3-14,18H,17H2,1-2H3,(H2,32,35)(H,33,36)(H,34,37). The van der Waals surface area contributed by atoms with Crippen molar-refractivity contribution in [2.75, 3.05) is 21.5 Å². The smallest absolute Gasteiger partial charge is 0.263 e. The lowest BCUT2D eigenvalue weighted by Gasteiger charge is -2.14. The van der Waals surface area contributed by atoms with E-state index >= 15 is 0 Å². The van der Waals surface area contributed by atoms with Crippen LogP contribution in [0.5, 0.6) is 0 Å². The summed E-state index contributed by atoms with van der Waals surface area (Å²) in [5.74, 6) is -0.0560. The van der Waals surface area contributed by atoms with E-state index in [1.807, 2.05) is 30.3 Å². The molecule has 0 aliphatic heterocycles. The Morgan fingerprint density at radius 2 is 1.68 bits per heavy atom.